The van der Waals surface area contributed by atoms with Crippen LogP contribution in [0.5, 0.6) is 0 Å². The fraction of sp³-hybridized carbons (Fsp3) is 0.579. The van der Waals surface area contributed by atoms with Gasteiger partial charge in [0.15, 0.2) is 5.96 Å². The van der Waals surface area contributed by atoms with Crippen LogP contribution >= 0.6 is 0 Å². The number of nitrogens with one attached hydrogen (secondary N) is 2. The number of nitrogens with zero attached hydrogens (tertiary/aromatic N) is 2. The Labute approximate surface area is 156 Å². The van der Waals surface area contributed by atoms with Crippen LogP contribution in [0.3, 0.4) is 0 Å². The van der Waals surface area contributed by atoms with E-state index in [-0.39, 0.29) is 5.54 Å². The molecule has 1 aliphatic heterocycles. The van der Waals surface area contributed by atoms with Crippen molar-refractivity contribution in [1.29, 1.82) is 0 Å². The molecule has 1 heterocycles. The predicted octanol–water partition coefficient (Wildman–Crippen LogP) is 0.951. The van der Waals surface area contributed by atoms with Crippen LogP contribution in [0, 0.1) is 0 Å². The predicted molar refractivity (Wildman–Crippen MR) is 104 cm³/mol. The Kier molecular flexibility index (Phi) is 7.41. The Morgan fingerprint density at radius 2 is 1.88 bits per heavy atom. The summed E-state index contributed by atoms with van der Waals surface area (Å²) in [5.74, 6) is 0.369. The number of hydrogen-bond donors (Lipinski definition) is 3. The average Bonchev–Trinajstić information content (AvgIpc) is 2.65. The molecule has 0 radical (unpaired) electrons. The molecule has 1 saturated heterocycles. The minimum absolute atomic E-state index is 0.0170. The number of amides is 1. The molecule has 1 aromatic carbocycles. The molecule has 1 aliphatic rings. The first kappa shape index (κ1) is 20.2. The van der Waals surface area contributed by atoms with Crippen LogP contribution in [0.4, 0.5) is 0 Å². The lowest BCUT2D eigenvalue weighted by Gasteiger charge is -2.41. The Bertz CT molecular complexity index is 607. The van der Waals surface area contributed by atoms with Gasteiger partial charge in [-0.1, -0.05) is 12.1 Å². The topological polar surface area (TPSA) is 92.0 Å². The van der Waals surface area contributed by atoms with Crippen molar-refractivity contribution in [2.75, 3.05) is 39.4 Å². The van der Waals surface area contributed by atoms with Gasteiger partial charge in [0.1, 0.15) is 0 Å². The number of primary amides is 1. The molecule has 7 heteroatoms. The lowest BCUT2D eigenvalue weighted by Crippen LogP contribution is -2.56. The maximum Gasteiger partial charge on any atom is 0.248 e. The molecule has 0 bridgehead atoms. The summed E-state index contributed by atoms with van der Waals surface area (Å²) in [5, 5.41) is 6.72. The molecule has 0 atom stereocenters. The van der Waals surface area contributed by atoms with E-state index in [1.54, 1.807) is 12.1 Å². The lowest BCUT2D eigenvalue weighted by molar-refractivity contribution is -0.00834. The number of guanidine groups is 1. The number of aliphatic imine (C=N–C) groups is 1. The third kappa shape index (κ3) is 6.00. The van der Waals surface area contributed by atoms with Crippen molar-refractivity contribution in [3.8, 4) is 0 Å². The van der Waals surface area contributed by atoms with Gasteiger partial charge in [0.25, 0.3) is 0 Å². The smallest absolute Gasteiger partial charge is 0.248 e. The first-order valence-electron chi connectivity index (χ1n) is 9.16. The van der Waals surface area contributed by atoms with Crippen LogP contribution in [-0.4, -0.2) is 61.7 Å². The molecule has 4 N–H and O–H groups in total. The maximum absolute atomic E-state index is 11.1. The molecule has 7 nitrogen and oxygen atoms in total. The summed E-state index contributed by atoms with van der Waals surface area (Å²) in [6.07, 6.45) is 0. The molecule has 2 rings (SSSR count). The van der Waals surface area contributed by atoms with Gasteiger partial charge in [-0.15, -0.1) is 0 Å². The quantitative estimate of drug-likeness (QED) is 0.497. The van der Waals surface area contributed by atoms with E-state index in [1.165, 1.54) is 0 Å². The van der Waals surface area contributed by atoms with Gasteiger partial charge in [-0.2, -0.15) is 0 Å². The van der Waals surface area contributed by atoms with E-state index in [0.29, 0.717) is 12.1 Å². The molecular formula is C19H31N5O2. The number of carbonyl (C=O) groups is 1. The minimum atomic E-state index is -0.416. The van der Waals surface area contributed by atoms with Gasteiger partial charge in [0.05, 0.1) is 19.8 Å². The summed E-state index contributed by atoms with van der Waals surface area (Å²) in [6.45, 7) is 12.1. The summed E-state index contributed by atoms with van der Waals surface area (Å²) in [4.78, 5) is 18.2. The third-order valence-electron chi connectivity index (χ3n) is 4.56. The Morgan fingerprint density at radius 1 is 1.23 bits per heavy atom. The standard InChI is InChI=1S/C19H31N5O2/c1-4-21-18(22-13-15-5-7-16(8-6-15)17(20)25)23-14-19(2,3)24-9-11-26-12-10-24/h5-8H,4,9-14H2,1-3H3,(H2,20,25)(H2,21,22,23). The summed E-state index contributed by atoms with van der Waals surface area (Å²) in [7, 11) is 0. The van der Waals surface area contributed by atoms with Gasteiger partial charge in [-0.05, 0) is 38.5 Å². The molecular weight excluding hydrogens is 330 g/mol. The normalized spacial score (nSPS) is 16.3. The largest absolute Gasteiger partial charge is 0.379 e. The van der Waals surface area contributed by atoms with E-state index in [9.17, 15) is 4.79 Å². The number of rotatable bonds is 7. The zero-order chi connectivity index (χ0) is 19.0. The van der Waals surface area contributed by atoms with Crippen molar-refractivity contribution in [1.82, 2.24) is 15.5 Å². The number of benzene rings is 1. The van der Waals surface area contributed by atoms with Crippen molar-refractivity contribution in [3.63, 3.8) is 0 Å². The Morgan fingerprint density at radius 3 is 2.46 bits per heavy atom. The molecule has 1 amide bonds. The van der Waals surface area contributed by atoms with Gasteiger partial charge < -0.3 is 21.1 Å². The minimum Gasteiger partial charge on any atom is -0.379 e. The molecule has 0 unspecified atom stereocenters. The van der Waals surface area contributed by atoms with Crippen LogP contribution in [0.2, 0.25) is 0 Å². The zero-order valence-corrected chi connectivity index (χ0v) is 16.0. The second kappa shape index (κ2) is 9.54. The highest BCUT2D eigenvalue weighted by atomic mass is 16.5. The van der Waals surface area contributed by atoms with E-state index in [1.807, 2.05) is 19.1 Å². The molecule has 0 spiro atoms. The molecule has 1 fully saturated rings. The third-order valence-corrected chi connectivity index (χ3v) is 4.56. The van der Waals surface area contributed by atoms with E-state index >= 15 is 0 Å². The molecule has 26 heavy (non-hydrogen) atoms. The number of ether oxygens (including phenoxy) is 1. The second-order valence-corrected chi connectivity index (χ2v) is 7.02. The maximum atomic E-state index is 11.1. The zero-order valence-electron chi connectivity index (χ0n) is 16.0. The van der Waals surface area contributed by atoms with Crippen LogP contribution < -0.4 is 16.4 Å². The lowest BCUT2D eigenvalue weighted by atomic mass is 10.0. The van der Waals surface area contributed by atoms with E-state index < -0.39 is 5.91 Å². The molecule has 1 aromatic rings. The number of nitrogens with two attached hydrogens (primary N) is 1. The second-order valence-electron chi connectivity index (χ2n) is 7.02. The molecule has 0 aromatic heterocycles. The Balaban J connectivity index is 1.94. The summed E-state index contributed by atoms with van der Waals surface area (Å²) < 4.78 is 5.44. The van der Waals surface area contributed by atoms with Gasteiger partial charge >= 0.3 is 0 Å². The number of hydrogen-bond acceptors (Lipinski definition) is 4. The van der Waals surface area contributed by atoms with Gasteiger partial charge in [0.2, 0.25) is 5.91 Å². The van der Waals surface area contributed by atoms with Gasteiger partial charge in [-0.3, -0.25) is 9.69 Å². The van der Waals surface area contributed by atoms with Crippen molar-refractivity contribution in [2.45, 2.75) is 32.9 Å². The van der Waals surface area contributed by atoms with E-state index in [0.717, 1.165) is 50.9 Å². The summed E-state index contributed by atoms with van der Waals surface area (Å²) >= 11 is 0. The van der Waals surface area contributed by atoms with E-state index in [2.05, 4.69) is 34.4 Å². The highest BCUT2D eigenvalue weighted by Gasteiger charge is 2.28. The van der Waals surface area contributed by atoms with Gasteiger partial charge in [0, 0.05) is 37.3 Å². The highest BCUT2D eigenvalue weighted by molar-refractivity contribution is 5.92. The van der Waals surface area contributed by atoms with Crippen LogP contribution in [0.15, 0.2) is 29.3 Å². The Hall–Kier alpha value is -2.12. The fourth-order valence-corrected chi connectivity index (χ4v) is 2.87. The van der Waals surface area contributed by atoms with Crippen molar-refractivity contribution in [2.24, 2.45) is 10.7 Å². The van der Waals surface area contributed by atoms with Crippen LogP contribution in [0.1, 0.15) is 36.7 Å². The summed E-state index contributed by atoms with van der Waals surface area (Å²) in [5.41, 5.74) is 6.82. The number of morpholine rings is 1. The number of carbonyl (C=O) groups excluding carboxylic acids is 1. The van der Waals surface area contributed by atoms with Crippen molar-refractivity contribution >= 4 is 11.9 Å². The SMILES string of the molecule is CCNC(=NCc1ccc(C(N)=O)cc1)NCC(C)(C)N1CCOCC1. The molecule has 0 saturated carbocycles. The fourth-order valence-electron chi connectivity index (χ4n) is 2.87. The monoisotopic (exact) mass is 361 g/mol. The van der Waals surface area contributed by atoms with Crippen molar-refractivity contribution in [3.05, 3.63) is 35.4 Å². The van der Waals surface area contributed by atoms with Crippen LogP contribution in [-0.2, 0) is 11.3 Å². The van der Waals surface area contributed by atoms with Crippen molar-refractivity contribution < 1.29 is 9.53 Å². The first-order chi connectivity index (χ1) is 12.4. The molecule has 0 aliphatic carbocycles. The highest BCUT2D eigenvalue weighted by Crippen LogP contribution is 2.15. The molecule has 144 valence electrons. The summed E-state index contributed by atoms with van der Waals surface area (Å²) in [6, 6.07) is 7.22. The van der Waals surface area contributed by atoms with Crippen LogP contribution in [0.25, 0.3) is 0 Å². The first-order valence-corrected chi connectivity index (χ1v) is 9.16. The van der Waals surface area contributed by atoms with E-state index in [4.69, 9.17) is 10.5 Å². The van der Waals surface area contributed by atoms with Gasteiger partial charge in [-0.25, -0.2) is 4.99 Å². The average molecular weight is 361 g/mol.